The number of aryl methyl sites for hydroxylation is 1. The first kappa shape index (κ1) is 17.7. The summed E-state index contributed by atoms with van der Waals surface area (Å²) < 4.78 is 6.01. The van der Waals surface area contributed by atoms with Crippen LogP contribution < -0.4 is 11.1 Å². The maximum Gasteiger partial charge on any atom is 0.442 e. The summed E-state index contributed by atoms with van der Waals surface area (Å²) in [6.45, 7) is 5.96. The fourth-order valence-electron chi connectivity index (χ4n) is 2.72. The first-order valence-corrected chi connectivity index (χ1v) is 8.48. The summed E-state index contributed by atoms with van der Waals surface area (Å²) in [5.74, 6) is -0.207. The molecule has 0 bridgehead atoms. The standard InChI is InChI=1S/C20H21N3O3/c1-13(2)15-8-10-16(11-9-15)21-18(24)12-23-19(22-26-20(23)25)17-7-5-4-6-14(17)3/h4-11,13H,12H2,1-3H3,(H,21,24). The minimum atomic E-state index is -0.659. The molecule has 6 nitrogen and oxygen atoms in total. The van der Waals surface area contributed by atoms with Gasteiger partial charge >= 0.3 is 5.76 Å². The molecule has 0 aliphatic carbocycles. The maximum absolute atomic E-state index is 12.4. The predicted octanol–water partition coefficient (Wildman–Crippen LogP) is 3.57. The Morgan fingerprint density at radius 3 is 2.50 bits per heavy atom. The molecule has 0 atom stereocenters. The normalized spacial score (nSPS) is 10.9. The minimum absolute atomic E-state index is 0.169. The van der Waals surface area contributed by atoms with Gasteiger partial charge in [0, 0.05) is 11.3 Å². The number of hydrogen-bond acceptors (Lipinski definition) is 4. The number of nitrogens with one attached hydrogen (secondary N) is 1. The number of carbonyl (C=O) groups is 1. The minimum Gasteiger partial charge on any atom is -0.325 e. The van der Waals surface area contributed by atoms with Gasteiger partial charge in [-0.3, -0.25) is 9.32 Å². The van der Waals surface area contributed by atoms with E-state index in [4.69, 9.17) is 4.52 Å². The van der Waals surface area contributed by atoms with Crippen molar-refractivity contribution in [2.75, 3.05) is 5.32 Å². The van der Waals surface area contributed by atoms with Crippen molar-refractivity contribution in [3.63, 3.8) is 0 Å². The summed E-state index contributed by atoms with van der Waals surface area (Å²) in [4.78, 5) is 24.4. The molecule has 26 heavy (non-hydrogen) atoms. The molecule has 0 spiro atoms. The van der Waals surface area contributed by atoms with Crippen LogP contribution in [0, 0.1) is 6.92 Å². The number of anilines is 1. The van der Waals surface area contributed by atoms with Crippen LogP contribution in [0.3, 0.4) is 0 Å². The van der Waals surface area contributed by atoms with Gasteiger partial charge in [-0.25, -0.2) is 9.36 Å². The number of nitrogens with zero attached hydrogens (tertiary/aromatic N) is 2. The molecule has 0 fully saturated rings. The summed E-state index contributed by atoms with van der Waals surface area (Å²) in [6.07, 6.45) is 0. The third-order valence-corrected chi connectivity index (χ3v) is 4.24. The molecule has 0 saturated heterocycles. The molecular formula is C20H21N3O3. The summed E-state index contributed by atoms with van der Waals surface area (Å²) in [7, 11) is 0. The zero-order chi connectivity index (χ0) is 18.7. The number of carbonyl (C=O) groups excluding carboxylic acids is 1. The van der Waals surface area contributed by atoms with E-state index in [-0.39, 0.29) is 12.5 Å². The van der Waals surface area contributed by atoms with E-state index in [0.717, 1.165) is 11.1 Å². The Morgan fingerprint density at radius 2 is 1.85 bits per heavy atom. The van der Waals surface area contributed by atoms with Crippen molar-refractivity contribution in [1.82, 2.24) is 9.72 Å². The van der Waals surface area contributed by atoms with Gasteiger partial charge in [-0.15, -0.1) is 0 Å². The van der Waals surface area contributed by atoms with E-state index in [2.05, 4.69) is 24.3 Å². The highest BCUT2D eigenvalue weighted by atomic mass is 16.5. The van der Waals surface area contributed by atoms with Crippen LogP contribution in [0.4, 0.5) is 5.69 Å². The molecule has 0 aliphatic rings. The molecule has 3 rings (SSSR count). The SMILES string of the molecule is Cc1ccccc1-c1noc(=O)n1CC(=O)Nc1ccc(C(C)C)cc1. The van der Waals surface area contributed by atoms with Gasteiger partial charge in [0.25, 0.3) is 0 Å². The lowest BCUT2D eigenvalue weighted by atomic mass is 10.0. The predicted molar refractivity (Wildman–Crippen MR) is 100 cm³/mol. The molecule has 0 radical (unpaired) electrons. The van der Waals surface area contributed by atoms with Crippen molar-refractivity contribution in [3.05, 3.63) is 70.2 Å². The quantitative estimate of drug-likeness (QED) is 0.762. The largest absolute Gasteiger partial charge is 0.442 e. The molecule has 1 amide bonds. The highest BCUT2D eigenvalue weighted by molar-refractivity contribution is 5.90. The topological polar surface area (TPSA) is 77.1 Å². The van der Waals surface area contributed by atoms with E-state index >= 15 is 0 Å². The van der Waals surface area contributed by atoms with Gasteiger partial charge in [0.15, 0.2) is 5.82 Å². The van der Waals surface area contributed by atoms with Crippen LogP contribution in [0.25, 0.3) is 11.4 Å². The van der Waals surface area contributed by atoms with E-state index < -0.39 is 5.76 Å². The van der Waals surface area contributed by atoms with Crippen LogP contribution in [0.15, 0.2) is 57.8 Å². The number of benzene rings is 2. The first-order valence-electron chi connectivity index (χ1n) is 8.48. The lowest BCUT2D eigenvalue weighted by Crippen LogP contribution is -2.25. The molecule has 2 aromatic carbocycles. The Morgan fingerprint density at radius 1 is 1.15 bits per heavy atom. The Balaban J connectivity index is 1.79. The molecule has 1 heterocycles. The van der Waals surface area contributed by atoms with Crippen molar-refractivity contribution >= 4 is 11.6 Å². The van der Waals surface area contributed by atoms with Gasteiger partial charge in [-0.05, 0) is 36.1 Å². The van der Waals surface area contributed by atoms with Gasteiger partial charge in [0.1, 0.15) is 6.54 Å². The Hall–Kier alpha value is -3.15. The van der Waals surface area contributed by atoms with Crippen LogP contribution in [0.5, 0.6) is 0 Å². The molecular weight excluding hydrogens is 330 g/mol. The van der Waals surface area contributed by atoms with Gasteiger partial charge < -0.3 is 5.32 Å². The molecule has 1 N–H and O–H groups in total. The van der Waals surface area contributed by atoms with Crippen molar-refractivity contribution in [2.45, 2.75) is 33.2 Å². The van der Waals surface area contributed by atoms with Crippen LogP contribution in [0.1, 0.15) is 30.9 Å². The van der Waals surface area contributed by atoms with E-state index in [1.807, 2.05) is 55.5 Å². The molecule has 0 saturated carbocycles. The molecule has 0 aliphatic heterocycles. The molecule has 6 heteroatoms. The lowest BCUT2D eigenvalue weighted by molar-refractivity contribution is -0.116. The Kier molecular flexibility index (Phi) is 5.02. The Bertz CT molecular complexity index is 968. The van der Waals surface area contributed by atoms with Gasteiger partial charge in [0.2, 0.25) is 5.91 Å². The van der Waals surface area contributed by atoms with E-state index in [9.17, 15) is 9.59 Å². The van der Waals surface area contributed by atoms with Gasteiger partial charge in [-0.2, -0.15) is 0 Å². The zero-order valence-corrected chi connectivity index (χ0v) is 15.0. The van der Waals surface area contributed by atoms with E-state index in [0.29, 0.717) is 17.4 Å². The van der Waals surface area contributed by atoms with Gasteiger partial charge in [0.05, 0.1) is 0 Å². The number of hydrogen-bond donors (Lipinski definition) is 1. The Labute approximate surface area is 151 Å². The molecule has 3 aromatic rings. The lowest BCUT2D eigenvalue weighted by Gasteiger charge is -2.09. The highest BCUT2D eigenvalue weighted by Crippen LogP contribution is 2.20. The third-order valence-electron chi connectivity index (χ3n) is 4.24. The average molecular weight is 351 g/mol. The van der Waals surface area contributed by atoms with Crippen molar-refractivity contribution < 1.29 is 9.32 Å². The van der Waals surface area contributed by atoms with Crippen LogP contribution in [-0.4, -0.2) is 15.6 Å². The smallest absolute Gasteiger partial charge is 0.325 e. The summed E-state index contributed by atoms with van der Waals surface area (Å²) in [5, 5.41) is 6.63. The van der Waals surface area contributed by atoms with E-state index in [1.165, 1.54) is 10.1 Å². The second-order valence-electron chi connectivity index (χ2n) is 6.50. The molecule has 0 unspecified atom stereocenters. The van der Waals surface area contributed by atoms with Gasteiger partial charge in [-0.1, -0.05) is 55.4 Å². The molecule has 134 valence electrons. The number of aromatic nitrogens is 2. The van der Waals surface area contributed by atoms with Crippen molar-refractivity contribution in [1.29, 1.82) is 0 Å². The number of rotatable bonds is 5. The van der Waals surface area contributed by atoms with Crippen LogP contribution in [0.2, 0.25) is 0 Å². The fourth-order valence-corrected chi connectivity index (χ4v) is 2.72. The van der Waals surface area contributed by atoms with Crippen molar-refractivity contribution in [2.24, 2.45) is 0 Å². The monoisotopic (exact) mass is 351 g/mol. The maximum atomic E-state index is 12.4. The average Bonchev–Trinajstić information content (AvgIpc) is 2.96. The second kappa shape index (κ2) is 7.39. The summed E-state index contributed by atoms with van der Waals surface area (Å²) in [6, 6.07) is 15.2. The van der Waals surface area contributed by atoms with Crippen molar-refractivity contribution in [3.8, 4) is 11.4 Å². The third kappa shape index (κ3) is 3.74. The zero-order valence-electron chi connectivity index (χ0n) is 15.0. The summed E-state index contributed by atoms with van der Waals surface area (Å²) in [5.41, 5.74) is 3.58. The van der Waals surface area contributed by atoms with E-state index in [1.54, 1.807) is 0 Å². The highest BCUT2D eigenvalue weighted by Gasteiger charge is 2.17. The summed E-state index contributed by atoms with van der Waals surface area (Å²) >= 11 is 0. The fraction of sp³-hybridized carbons (Fsp3) is 0.250. The number of amides is 1. The molecule has 1 aromatic heterocycles. The first-order chi connectivity index (χ1) is 12.5. The van der Waals surface area contributed by atoms with Crippen LogP contribution in [-0.2, 0) is 11.3 Å². The second-order valence-corrected chi connectivity index (χ2v) is 6.50. The van der Waals surface area contributed by atoms with Crippen LogP contribution >= 0.6 is 0 Å².